The molecule has 0 spiro atoms. The molecule has 1 unspecified atom stereocenters. The minimum Gasteiger partial charge on any atom is -0.464 e. The van der Waals surface area contributed by atoms with Crippen molar-refractivity contribution in [2.24, 2.45) is 0 Å². The van der Waals surface area contributed by atoms with Gasteiger partial charge < -0.3 is 19.7 Å². The Labute approximate surface area is 125 Å². The molecule has 1 N–H and O–H groups in total. The van der Waals surface area contributed by atoms with Gasteiger partial charge in [0, 0.05) is 13.1 Å². The number of carbonyl (C=O) groups excluding carboxylic acids is 1. The second-order valence-corrected chi connectivity index (χ2v) is 4.86. The number of aromatic nitrogens is 1. The highest BCUT2D eigenvalue weighted by Crippen LogP contribution is 2.16. The molecule has 6 nitrogen and oxygen atoms in total. The van der Waals surface area contributed by atoms with Crippen molar-refractivity contribution in [2.45, 2.75) is 26.3 Å². The molecule has 0 aliphatic carbocycles. The molecule has 1 saturated heterocycles. The van der Waals surface area contributed by atoms with Gasteiger partial charge in [0.25, 0.3) is 0 Å². The number of hydrogen-bond donors (Lipinski definition) is 1. The zero-order valence-electron chi connectivity index (χ0n) is 12.7. The van der Waals surface area contributed by atoms with E-state index < -0.39 is 0 Å². The van der Waals surface area contributed by atoms with E-state index in [0.29, 0.717) is 13.0 Å². The van der Waals surface area contributed by atoms with E-state index in [2.05, 4.69) is 15.2 Å². The first-order chi connectivity index (χ1) is 10.2. The molecule has 2 rings (SSSR count). The van der Waals surface area contributed by atoms with Crippen molar-refractivity contribution < 1.29 is 14.3 Å². The van der Waals surface area contributed by atoms with Crippen molar-refractivity contribution >= 4 is 17.5 Å². The van der Waals surface area contributed by atoms with E-state index in [0.717, 1.165) is 37.8 Å². The Hall–Kier alpha value is -1.82. The van der Waals surface area contributed by atoms with Gasteiger partial charge in [-0.05, 0) is 25.5 Å². The number of esters is 1. The highest BCUT2D eigenvalue weighted by molar-refractivity contribution is 5.79. The molecular formula is C15H23N3O3. The van der Waals surface area contributed by atoms with Crippen LogP contribution in [0.15, 0.2) is 18.3 Å². The van der Waals surface area contributed by atoms with Crippen molar-refractivity contribution in [1.82, 2.24) is 4.98 Å². The molecule has 0 bridgehead atoms. The van der Waals surface area contributed by atoms with Crippen LogP contribution < -0.4 is 10.2 Å². The first kappa shape index (κ1) is 15.6. The van der Waals surface area contributed by atoms with Crippen LogP contribution >= 0.6 is 0 Å². The molecule has 0 saturated carbocycles. The summed E-state index contributed by atoms with van der Waals surface area (Å²) in [6.45, 7) is 7.35. The number of pyridine rings is 1. The smallest absolute Gasteiger partial charge is 0.328 e. The highest BCUT2D eigenvalue weighted by atomic mass is 16.5. The fraction of sp³-hybridized carbons (Fsp3) is 0.600. The molecular weight excluding hydrogens is 270 g/mol. The summed E-state index contributed by atoms with van der Waals surface area (Å²) in [5.41, 5.74) is 0.826. The van der Waals surface area contributed by atoms with E-state index in [1.807, 2.05) is 26.0 Å². The fourth-order valence-electron chi connectivity index (χ4n) is 2.22. The van der Waals surface area contributed by atoms with Crippen LogP contribution in [-0.4, -0.2) is 49.9 Å². The number of rotatable bonds is 6. The van der Waals surface area contributed by atoms with Gasteiger partial charge in [-0.1, -0.05) is 6.92 Å². The van der Waals surface area contributed by atoms with Crippen LogP contribution in [0.25, 0.3) is 0 Å². The van der Waals surface area contributed by atoms with Crippen molar-refractivity contribution in [3.05, 3.63) is 18.3 Å². The summed E-state index contributed by atoms with van der Waals surface area (Å²) in [7, 11) is 0. The Bertz CT molecular complexity index is 444. The lowest BCUT2D eigenvalue weighted by atomic mass is 10.2. The van der Waals surface area contributed by atoms with Gasteiger partial charge in [0.15, 0.2) is 0 Å². The minimum atomic E-state index is -0.332. The summed E-state index contributed by atoms with van der Waals surface area (Å²) in [6.07, 6.45) is 2.43. The monoisotopic (exact) mass is 293 g/mol. The summed E-state index contributed by atoms with van der Waals surface area (Å²) in [5.74, 6) is 0.713. The van der Waals surface area contributed by atoms with Crippen LogP contribution in [0.4, 0.5) is 11.5 Å². The number of nitrogens with one attached hydrogen (secondary N) is 1. The fourth-order valence-corrected chi connectivity index (χ4v) is 2.22. The van der Waals surface area contributed by atoms with E-state index in [1.165, 1.54) is 0 Å². The zero-order chi connectivity index (χ0) is 15.1. The summed E-state index contributed by atoms with van der Waals surface area (Å²) in [4.78, 5) is 18.4. The third kappa shape index (κ3) is 4.32. The number of ether oxygens (including phenoxy) is 2. The SMILES string of the molecule is CCOC(=O)C(CC)Nc1ccc(N2CCOCC2)nc1. The third-order valence-corrected chi connectivity index (χ3v) is 3.40. The maximum absolute atomic E-state index is 11.8. The van der Waals surface area contributed by atoms with E-state index in [-0.39, 0.29) is 12.0 Å². The largest absolute Gasteiger partial charge is 0.464 e. The van der Waals surface area contributed by atoms with Crippen LogP contribution in [0.2, 0.25) is 0 Å². The molecule has 116 valence electrons. The van der Waals surface area contributed by atoms with Crippen molar-refractivity contribution in [3.63, 3.8) is 0 Å². The first-order valence-electron chi connectivity index (χ1n) is 7.46. The number of anilines is 2. The van der Waals surface area contributed by atoms with Crippen LogP contribution in [0.5, 0.6) is 0 Å². The zero-order valence-corrected chi connectivity index (χ0v) is 12.7. The Morgan fingerprint density at radius 2 is 2.19 bits per heavy atom. The molecule has 2 heterocycles. The van der Waals surface area contributed by atoms with Gasteiger partial charge in [0.2, 0.25) is 0 Å². The van der Waals surface area contributed by atoms with Crippen LogP contribution in [-0.2, 0) is 14.3 Å². The van der Waals surface area contributed by atoms with Crippen molar-refractivity contribution in [1.29, 1.82) is 0 Å². The molecule has 0 aromatic carbocycles. The topological polar surface area (TPSA) is 63.7 Å². The maximum atomic E-state index is 11.8. The van der Waals surface area contributed by atoms with Gasteiger partial charge >= 0.3 is 5.97 Å². The lowest BCUT2D eigenvalue weighted by Gasteiger charge is -2.28. The second kappa shape index (κ2) is 7.83. The van der Waals surface area contributed by atoms with E-state index >= 15 is 0 Å². The number of morpholine rings is 1. The Kier molecular flexibility index (Phi) is 5.80. The quantitative estimate of drug-likeness (QED) is 0.805. The molecule has 1 aliphatic heterocycles. The molecule has 1 atom stereocenters. The van der Waals surface area contributed by atoms with Gasteiger partial charge in [0.05, 0.1) is 31.7 Å². The van der Waals surface area contributed by atoms with Gasteiger partial charge in [-0.25, -0.2) is 9.78 Å². The van der Waals surface area contributed by atoms with Crippen LogP contribution in [0, 0.1) is 0 Å². The summed E-state index contributed by atoms with van der Waals surface area (Å²) in [5, 5.41) is 3.16. The molecule has 1 fully saturated rings. The van der Waals surface area contributed by atoms with Gasteiger partial charge in [-0.15, -0.1) is 0 Å². The maximum Gasteiger partial charge on any atom is 0.328 e. The van der Waals surface area contributed by atoms with Crippen molar-refractivity contribution in [3.8, 4) is 0 Å². The van der Waals surface area contributed by atoms with Crippen LogP contribution in [0.3, 0.4) is 0 Å². The Morgan fingerprint density at radius 3 is 2.76 bits per heavy atom. The summed E-state index contributed by atoms with van der Waals surface area (Å²) >= 11 is 0. The molecule has 1 aromatic heterocycles. The van der Waals surface area contributed by atoms with E-state index in [4.69, 9.17) is 9.47 Å². The molecule has 1 aromatic rings. The molecule has 0 radical (unpaired) electrons. The lowest BCUT2D eigenvalue weighted by Crippen LogP contribution is -2.36. The van der Waals surface area contributed by atoms with Gasteiger partial charge in [0.1, 0.15) is 11.9 Å². The predicted octanol–water partition coefficient (Wildman–Crippen LogP) is 1.67. The van der Waals surface area contributed by atoms with Crippen molar-refractivity contribution in [2.75, 3.05) is 43.1 Å². The second-order valence-electron chi connectivity index (χ2n) is 4.86. The van der Waals surface area contributed by atoms with Gasteiger partial charge in [-0.2, -0.15) is 0 Å². The van der Waals surface area contributed by atoms with Gasteiger partial charge in [-0.3, -0.25) is 0 Å². The predicted molar refractivity (Wildman–Crippen MR) is 81.6 cm³/mol. The van der Waals surface area contributed by atoms with Crippen LogP contribution in [0.1, 0.15) is 20.3 Å². The van der Waals surface area contributed by atoms with E-state index in [9.17, 15) is 4.79 Å². The Balaban J connectivity index is 1.96. The normalized spacial score (nSPS) is 16.4. The average Bonchev–Trinajstić information content (AvgIpc) is 2.54. The molecule has 21 heavy (non-hydrogen) atoms. The standard InChI is InChI=1S/C15H23N3O3/c1-3-13(15(19)21-4-2)17-12-5-6-14(16-11-12)18-7-9-20-10-8-18/h5-6,11,13,17H,3-4,7-10H2,1-2H3. The molecule has 6 heteroatoms. The lowest BCUT2D eigenvalue weighted by molar-refractivity contribution is -0.144. The van der Waals surface area contributed by atoms with E-state index in [1.54, 1.807) is 6.20 Å². The average molecular weight is 293 g/mol. The number of hydrogen-bond acceptors (Lipinski definition) is 6. The summed E-state index contributed by atoms with van der Waals surface area (Å²) in [6, 6.07) is 3.58. The highest BCUT2D eigenvalue weighted by Gasteiger charge is 2.18. The minimum absolute atomic E-state index is 0.225. The molecule has 0 amide bonds. The third-order valence-electron chi connectivity index (χ3n) is 3.40. The summed E-state index contributed by atoms with van der Waals surface area (Å²) < 4.78 is 10.4. The first-order valence-corrected chi connectivity index (χ1v) is 7.46. The number of carbonyl (C=O) groups is 1. The Morgan fingerprint density at radius 1 is 1.43 bits per heavy atom. The number of nitrogens with zero attached hydrogens (tertiary/aromatic N) is 2. The molecule has 1 aliphatic rings.